The zero-order chi connectivity index (χ0) is 15.8. The fraction of sp³-hybridized carbons (Fsp3) is 0.667. The third-order valence-corrected chi connectivity index (χ3v) is 3.94. The lowest BCUT2D eigenvalue weighted by molar-refractivity contribution is 0.0354. The summed E-state index contributed by atoms with van der Waals surface area (Å²) in [4.78, 5) is 2.31. The van der Waals surface area contributed by atoms with E-state index in [1.807, 2.05) is 12.1 Å². The second-order valence-electron chi connectivity index (χ2n) is 6.16. The minimum Gasteiger partial charge on any atom is -0.387 e. The molecule has 1 N–H and O–H groups in total. The molecule has 0 heterocycles. The summed E-state index contributed by atoms with van der Waals surface area (Å²) in [6.45, 7) is 11.1. The first-order valence-corrected chi connectivity index (χ1v) is 7.99. The molecule has 0 aliphatic rings. The predicted octanol–water partition coefficient (Wildman–Crippen LogP) is 3.28. The zero-order valence-corrected chi connectivity index (χ0v) is 14.2. The van der Waals surface area contributed by atoms with Gasteiger partial charge in [0.15, 0.2) is 0 Å². The van der Waals surface area contributed by atoms with E-state index in [2.05, 4.69) is 44.7 Å². The van der Waals surface area contributed by atoms with Crippen LogP contribution in [0, 0.1) is 5.92 Å². The van der Waals surface area contributed by atoms with Crippen LogP contribution in [0.15, 0.2) is 24.3 Å². The predicted molar refractivity (Wildman–Crippen MR) is 88.5 cm³/mol. The number of rotatable bonds is 9. The topological polar surface area (TPSA) is 32.7 Å². The third kappa shape index (κ3) is 5.77. The molecule has 3 nitrogen and oxygen atoms in total. The highest BCUT2D eigenvalue weighted by Gasteiger charge is 2.23. The Kier molecular flexibility index (Phi) is 7.94. The molecule has 1 aromatic carbocycles. The van der Waals surface area contributed by atoms with Gasteiger partial charge in [-0.15, -0.1) is 0 Å². The smallest absolute Gasteiger partial charge is 0.0942 e. The van der Waals surface area contributed by atoms with Crippen molar-refractivity contribution in [2.75, 3.05) is 26.8 Å². The van der Waals surface area contributed by atoms with E-state index in [9.17, 15) is 5.11 Å². The third-order valence-electron chi connectivity index (χ3n) is 3.94. The molecule has 120 valence electrons. The minimum atomic E-state index is -0.466. The number of nitrogens with zero attached hydrogens (tertiary/aromatic N) is 1. The van der Waals surface area contributed by atoms with Gasteiger partial charge in [-0.2, -0.15) is 0 Å². The summed E-state index contributed by atoms with van der Waals surface area (Å²) >= 11 is 0. The highest BCUT2D eigenvalue weighted by molar-refractivity contribution is 5.25. The van der Waals surface area contributed by atoms with Crippen LogP contribution >= 0.6 is 0 Å². The van der Waals surface area contributed by atoms with Crippen LogP contribution in [0.4, 0.5) is 0 Å². The molecule has 0 amide bonds. The molecule has 0 spiro atoms. The van der Waals surface area contributed by atoms with Gasteiger partial charge in [0.1, 0.15) is 0 Å². The maximum absolute atomic E-state index is 10.7. The number of aliphatic hydroxyl groups is 1. The molecule has 0 aliphatic heterocycles. The summed E-state index contributed by atoms with van der Waals surface area (Å²) in [7, 11) is 1.72. The van der Waals surface area contributed by atoms with Crippen LogP contribution in [-0.2, 0) is 11.2 Å². The van der Waals surface area contributed by atoms with Crippen LogP contribution in [0.5, 0.6) is 0 Å². The number of aryl methyl sites for hydroxylation is 1. The highest BCUT2D eigenvalue weighted by atomic mass is 16.5. The van der Waals surface area contributed by atoms with Crippen LogP contribution in [-0.4, -0.2) is 42.9 Å². The van der Waals surface area contributed by atoms with Crippen molar-refractivity contribution in [3.05, 3.63) is 35.4 Å². The number of methoxy groups -OCH3 is 1. The van der Waals surface area contributed by atoms with Crippen molar-refractivity contribution < 1.29 is 9.84 Å². The summed E-state index contributed by atoms with van der Waals surface area (Å²) in [6.07, 6.45) is 0.561. The fourth-order valence-corrected chi connectivity index (χ4v) is 2.57. The number of benzene rings is 1. The summed E-state index contributed by atoms with van der Waals surface area (Å²) < 4.78 is 5.20. The lowest BCUT2D eigenvalue weighted by atomic mass is 9.99. The van der Waals surface area contributed by atoms with Crippen LogP contribution in [0.3, 0.4) is 0 Å². The van der Waals surface area contributed by atoms with Crippen molar-refractivity contribution in [1.82, 2.24) is 4.90 Å². The Morgan fingerprint density at radius 1 is 1.14 bits per heavy atom. The van der Waals surface area contributed by atoms with Gasteiger partial charge in [0, 0.05) is 26.2 Å². The number of aliphatic hydroxyl groups excluding tert-OH is 1. The summed E-state index contributed by atoms with van der Waals surface area (Å²) in [5, 5.41) is 10.7. The highest BCUT2D eigenvalue weighted by Crippen LogP contribution is 2.22. The molecule has 0 aromatic heterocycles. The van der Waals surface area contributed by atoms with Gasteiger partial charge in [0.25, 0.3) is 0 Å². The van der Waals surface area contributed by atoms with Crippen molar-refractivity contribution in [2.45, 2.75) is 46.3 Å². The van der Waals surface area contributed by atoms with Gasteiger partial charge < -0.3 is 9.84 Å². The van der Waals surface area contributed by atoms with Crippen LogP contribution < -0.4 is 0 Å². The second-order valence-corrected chi connectivity index (χ2v) is 6.16. The normalized spacial score (nSPS) is 14.7. The molecule has 0 fully saturated rings. The standard InChI is InChI=1S/C18H31NO2/c1-6-16-7-9-17(10-8-16)18(20)15(4)19(11-12-21-5)13-14(2)3/h7-10,14-15,18,20H,6,11-13H2,1-5H3. The van der Waals surface area contributed by atoms with Gasteiger partial charge in [-0.1, -0.05) is 45.0 Å². The van der Waals surface area contributed by atoms with Crippen LogP contribution in [0.2, 0.25) is 0 Å². The van der Waals surface area contributed by atoms with Crippen LogP contribution in [0.25, 0.3) is 0 Å². The van der Waals surface area contributed by atoms with Crippen molar-refractivity contribution in [3.63, 3.8) is 0 Å². The molecule has 0 aliphatic carbocycles. The SMILES string of the molecule is CCc1ccc(C(O)C(C)N(CCOC)CC(C)C)cc1. The van der Waals surface area contributed by atoms with Crippen molar-refractivity contribution >= 4 is 0 Å². The Morgan fingerprint density at radius 2 is 1.76 bits per heavy atom. The minimum absolute atomic E-state index is 0.0787. The first-order valence-electron chi connectivity index (χ1n) is 7.99. The maximum Gasteiger partial charge on any atom is 0.0942 e. The van der Waals surface area contributed by atoms with Crippen molar-refractivity contribution in [3.8, 4) is 0 Å². The van der Waals surface area contributed by atoms with E-state index in [0.29, 0.717) is 12.5 Å². The molecule has 0 radical (unpaired) electrons. The molecular weight excluding hydrogens is 262 g/mol. The molecule has 0 saturated heterocycles. The van der Waals surface area contributed by atoms with Gasteiger partial charge in [0.05, 0.1) is 12.7 Å². The quantitative estimate of drug-likeness (QED) is 0.758. The van der Waals surface area contributed by atoms with Gasteiger partial charge in [-0.25, -0.2) is 0 Å². The average Bonchev–Trinajstić information content (AvgIpc) is 2.49. The second kappa shape index (κ2) is 9.19. The van der Waals surface area contributed by atoms with Crippen molar-refractivity contribution in [1.29, 1.82) is 0 Å². The number of hydrogen-bond acceptors (Lipinski definition) is 3. The lowest BCUT2D eigenvalue weighted by Gasteiger charge is -2.33. The summed E-state index contributed by atoms with van der Waals surface area (Å²) in [5.74, 6) is 0.568. The first kappa shape index (κ1) is 18.1. The van der Waals surface area contributed by atoms with Crippen LogP contribution in [0.1, 0.15) is 44.9 Å². The molecule has 0 saturated carbocycles. The number of ether oxygens (including phenoxy) is 1. The Bertz CT molecular complexity index is 389. The molecule has 21 heavy (non-hydrogen) atoms. The molecule has 0 bridgehead atoms. The number of hydrogen-bond donors (Lipinski definition) is 1. The maximum atomic E-state index is 10.7. The van der Waals surface area contributed by atoms with E-state index in [1.165, 1.54) is 5.56 Å². The summed E-state index contributed by atoms with van der Waals surface area (Å²) in [6, 6.07) is 8.38. The Morgan fingerprint density at radius 3 is 2.24 bits per heavy atom. The van der Waals surface area contributed by atoms with E-state index < -0.39 is 6.10 Å². The van der Waals surface area contributed by atoms with E-state index in [1.54, 1.807) is 7.11 Å². The Labute approximate surface area is 129 Å². The largest absolute Gasteiger partial charge is 0.387 e. The summed E-state index contributed by atoms with van der Waals surface area (Å²) in [5.41, 5.74) is 2.29. The lowest BCUT2D eigenvalue weighted by Crippen LogP contribution is -2.41. The van der Waals surface area contributed by atoms with Gasteiger partial charge in [-0.3, -0.25) is 4.90 Å². The first-order chi connectivity index (χ1) is 9.99. The van der Waals surface area contributed by atoms with E-state index in [0.717, 1.165) is 25.1 Å². The molecule has 1 aromatic rings. The van der Waals surface area contributed by atoms with Gasteiger partial charge in [0.2, 0.25) is 0 Å². The van der Waals surface area contributed by atoms with E-state index >= 15 is 0 Å². The van der Waals surface area contributed by atoms with E-state index in [-0.39, 0.29) is 6.04 Å². The van der Waals surface area contributed by atoms with E-state index in [4.69, 9.17) is 4.74 Å². The van der Waals surface area contributed by atoms with Gasteiger partial charge >= 0.3 is 0 Å². The molecule has 3 heteroatoms. The van der Waals surface area contributed by atoms with Gasteiger partial charge in [-0.05, 0) is 30.4 Å². The molecule has 1 rings (SSSR count). The molecule has 2 atom stereocenters. The monoisotopic (exact) mass is 293 g/mol. The van der Waals surface area contributed by atoms with Crippen molar-refractivity contribution in [2.24, 2.45) is 5.92 Å². The average molecular weight is 293 g/mol. The molecule has 2 unspecified atom stereocenters. The Hall–Kier alpha value is -0.900. The molecular formula is C18H31NO2. The Balaban J connectivity index is 2.76. The zero-order valence-electron chi connectivity index (χ0n) is 14.2. The fourth-order valence-electron chi connectivity index (χ4n) is 2.57.